The van der Waals surface area contributed by atoms with Crippen molar-refractivity contribution < 1.29 is 14.2 Å². The summed E-state index contributed by atoms with van der Waals surface area (Å²) in [5, 5.41) is 6.64. The van der Waals surface area contributed by atoms with Crippen LogP contribution in [0.25, 0.3) is 0 Å². The fraction of sp³-hybridized carbons (Fsp3) is 0.588. The number of hydrogen-bond acceptors (Lipinski definition) is 5. The quantitative estimate of drug-likeness (QED) is 0.337. The van der Waals surface area contributed by atoms with E-state index in [-0.39, 0.29) is 28.7 Å². The van der Waals surface area contributed by atoms with Gasteiger partial charge in [0, 0.05) is 36.5 Å². The molecule has 25 heavy (non-hydrogen) atoms. The van der Waals surface area contributed by atoms with Crippen molar-refractivity contribution in [2.75, 3.05) is 41.2 Å². The molecule has 0 bridgehead atoms. The van der Waals surface area contributed by atoms with Crippen LogP contribution in [0.5, 0.6) is 17.2 Å². The molecule has 0 radical (unpaired) electrons. The number of nitrogens with one attached hydrogen (secondary N) is 2. The number of methoxy groups -OCH3 is 3. The Morgan fingerprint density at radius 1 is 1.04 bits per heavy atom. The van der Waals surface area contributed by atoms with Crippen LogP contribution < -0.4 is 24.8 Å². The number of guanidine groups is 1. The standard InChI is InChI=1S/C17H29N3O3S.HI/c1-17(2,24-7)11-20-16(18-3)19-10-12-8-14(22-5)15(23-6)9-13(12)21-4;/h8-9H,10-11H2,1-7H3,(H2,18,19,20);1H. The van der Waals surface area contributed by atoms with E-state index in [1.807, 2.05) is 23.9 Å². The van der Waals surface area contributed by atoms with E-state index >= 15 is 0 Å². The monoisotopic (exact) mass is 483 g/mol. The second-order valence-electron chi connectivity index (χ2n) is 5.76. The predicted molar refractivity (Wildman–Crippen MR) is 117 cm³/mol. The molecule has 0 saturated heterocycles. The molecular weight excluding hydrogens is 453 g/mol. The summed E-state index contributed by atoms with van der Waals surface area (Å²) in [6, 6.07) is 3.73. The molecule has 0 atom stereocenters. The van der Waals surface area contributed by atoms with Crippen molar-refractivity contribution in [2.24, 2.45) is 4.99 Å². The molecule has 1 aromatic carbocycles. The highest BCUT2D eigenvalue weighted by Gasteiger charge is 2.17. The number of halogens is 1. The van der Waals surface area contributed by atoms with E-state index in [4.69, 9.17) is 14.2 Å². The fourth-order valence-corrected chi connectivity index (χ4v) is 2.22. The van der Waals surface area contributed by atoms with E-state index in [2.05, 4.69) is 35.7 Å². The first kappa shape index (κ1) is 24.0. The third kappa shape index (κ3) is 7.39. The molecule has 0 saturated carbocycles. The zero-order valence-electron chi connectivity index (χ0n) is 16.1. The Bertz CT molecular complexity index is 568. The Kier molecular flexibility index (Phi) is 11.1. The molecule has 0 spiro atoms. The summed E-state index contributed by atoms with van der Waals surface area (Å²) in [5.41, 5.74) is 0.960. The van der Waals surface area contributed by atoms with Gasteiger partial charge in [-0.1, -0.05) is 0 Å². The summed E-state index contributed by atoms with van der Waals surface area (Å²) in [6.45, 7) is 5.75. The molecule has 0 aromatic heterocycles. The molecule has 8 heteroatoms. The lowest BCUT2D eigenvalue weighted by Gasteiger charge is -2.24. The van der Waals surface area contributed by atoms with Gasteiger partial charge in [0.05, 0.1) is 21.3 Å². The number of rotatable bonds is 8. The third-order valence-electron chi connectivity index (χ3n) is 3.69. The molecule has 0 aliphatic rings. The minimum Gasteiger partial charge on any atom is -0.496 e. The van der Waals surface area contributed by atoms with Crippen LogP contribution in [0, 0.1) is 0 Å². The average molecular weight is 483 g/mol. The molecule has 0 aliphatic heterocycles. The number of benzene rings is 1. The second kappa shape index (κ2) is 11.6. The average Bonchev–Trinajstić information content (AvgIpc) is 2.60. The number of nitrogens with zero attached hydrogens (tertiary/aromatic N) is 1. The molecular formula is C17H30IN3O3S. The van der Waals surface area contributed by atoms with Gasteiger partial charge in [0.15, 0.2) is 17.5 Å². The van der Waals surface area contributed by atoms with E-state index in [0.717, 1.165) is 23.8 Å². The van der Waals surface area contributed by atoms with Gasteiger partial charge in [-0.3, -0.25) is 4.99 Å². The van der Waals surface area contributed by atoms with Gasteiger partial charge in [0.25, 0.3) is 0 Å². The Morgan fingerprint density at radius 2 is 1.60 bits per heavy atom. The van der Waals surface area contributed by atoms with Gasteiger partial charge in [-0.2, -0.15) is 11.8 Å². The second-order valence-corrected chi connectivity index (χ2v) is 7.28. The molecule has 0 fully saturated rings. The highest BCUT2D eigenvalue weighted by atomic mass is 127. The molecule has 1 aromatic rings. The minimum atomic E-state index is 0. The van der Waals surface area contributed by atoms with E-state index in [1.165, 1.54) is 0 Å². The van der Waals surface area contributed by atoms with Crippen molar-refractivity contribution in [3.8, 4) is 17.2 Å². The van der Waals surface area contributed by atoms with Crippen LogP contribution in [0.3, 0.4) is 0 Å². The van der Waals surface area contributed by atoms with Crippen LogP contribution in [0.1, 0.15) is 19.4 Å². The van der Waals surface area contributed by atoms with Gasteiger partial charge in [0.1, 0.15) is 5.75 Å². The van der Waals surface area contributed by atoms with E-state index in [9.17, 15) is 0 Å². The number of thioether (sulfide) groups is 1. The van der Waals surface area contributed by atoms with Crippen LogP contribution in [0.15, 0.2) is 17.1 Å². The first-order chi connectivity index (χ1) is 11.4. The Morgan fingerprint density at radius 3 is 2.08 bits per heavy atom. The highest BCUT2D eigenvalue weighted by Crippen LogP contribution is 2.34. The first-order valence-corrected chi connectivity index (χ1v) is 8.91. The van der Waals surface area contributed by atoms with Crippen molar-refractivity contribution in [1.29, 1.82) is 0 Å². The molecule has 0 amide bonds. The molecule has 1 rings (SSSR count). The zero-order chi connectivity index (χ0) is 18.2. The normalized spacial score (nSPS) is 11.4. The number of hydrogen-bond donors (Lipinski definition) is 2. The van der Waals surface area contributed by atoms with Crippen molar-refractivity contribution in [3.05, 3.63) is 17.7 Å². The van der Waals surface area contributed by atoms with E-state index in [0.29, 0.717) is 18.0 Å². The van der Waals surface area contributed by atoms with Crippen LogP contribution in [0.4, 0.5) is 0 Å². The van der Waals surface area contributed by atoms with Gasteiger partial charge < -0.3 is 24.8 Å². The lowest BCUT2D eigenvalue weighted by molar-refractivity contribution is 0.347. The summed E-state index contributed by atoms with van der Waals surface area (Å²) < 4.78 is 16.2. The van der Waals surface area contributed by atoms with Crippen LogP contribution in [-0.2, 0) is 6.54 Å². The van der Waals surface area contributed by atoms with Gasteiger partial charge in [-0.25, -0.2) is 0 Å². The SMILES string of the molecule is CN=C(NCc1cc(OC)c(OC)cc1OC)NCC(C)(C)SC.I. The number of ether oxygens (including phenoxy) is 3. The molecule has 2 N–H and O–H groups in total. The lowest BCUT2D eigenvalue weighted by Crippen LogP contribution is -2.43. The molecule has 144 valence electrons. The van der Waals surface area contributed by atoms with Crippen LogP contribution >= 0.6 is 35.7 Å². The van der Waals surface area contributed by atoms with Crippen molar-refractivity contribution in [2.45, 2.75) is 25.1 Å². The summed E-state index contributed by atoms with van der Waals surface area (Å²) in [6.07, 6.45) is 2.10. The Hall–Kier alpha value is -1.03. The summed E-state index contributed by atoms with van der Waals surface area (Å²) in [7, 11) is 6.62. The minimum absolute atomic E-state index is 0. The maximum atomic E-state index is 5.45. The van der Waals surface area contributed by atoms with E-state index < -0.39 is 0 Å². The van der Waals surface area contributed by atoms with Gasteiger partial charge in [-0.15, -0.1) is 24.0 Å². The number of aliphatic imine (C=N–C) groups is 1. The summed E-state index contributed by atoms with van der Waals surface area (Å²) in [5.74, 6) is 2.79. The first-order valence-electron chi connectivity index (χ1n) is 7.69. The van der Waals surface area contributed by atoms with Crippen LogP contribution in [-0.4, -0.2) is 51.9 Å². The van der Waals surface area contributed by atoms with Crippen molar-refractivity contribution in [3.63, 3.8) is 0 Å². The maximum Gasteiger partial charge on any atom is 0.191 e. The predicted octanol–water partition coefficient (Wildman–Crippen LogP) is 3.14. The van der Waals surface area contributed by atoms with E-state index in [1.54, 1.807) is 28.4 Å². The summed E-state index contributed by atoms with van der Waals surface area (Å²) in [4.78, 5) is 4.26. The fourth-order valence-electron chi connectivity index (χ4n) is 2.00. The van der Waals surface area contributed by atoms with Gasteiger partial charge in [0.2, 0.25) is 0 Å². The Labute approximate surface area is 172 Å². The lowest BCUT2D eigenvalue weighted by atomic mass is 10.1. The smallest absolute Gasteiger partial charge is 0.191 e. The van der Waals surface area contributed by atoms with Crippen molar-refractivity contribution >= 4 is 41.7 Å². The van der Waals surface area contributed by atoms with Crippen molar-refractivity contribution in [1.82, 2.24) is 10.6 Å². The molecule has 0 heterocycles. The van der Waals surface area contributed by atoms with Gasteiger partial charge in [-0.05, 0) is 26.2 Å². The van der Waals surface area contributed by atoms with Crippen LogP contribution in [0.2, 0.25) is 0 Å². The highest BCUT2D eigenvalue weighted by molar-refractivity contribution is 14.0. The maximum absolute atomic E-state index is 5.45. The molecule has 0 unspecified atom stereocenters. The zero-order valence-corrected chi connectivity index (χ0v) is 19.2. The third-order valence-corrected chi connectivity index (χ3v) is 4.94. The molecule has 0 aliphatic carbocycles. The topological polar surface area (TPSA) is 64.1 Å². The molecule has 6 nitrogen and oxygen atoms in total. The van der Waals surface area contributed by atoms with Gasteiger partial charge >= 0.3 is 0 Å². The largest absolute Gasteiger partial charge is 0.496 e. The Balaban J connectivity index is 0.00000576. The summed E-state index contributed by atoms with van der Waals surface area (Å²) >= 11 is 1.81.